The summed E-state index contributed by atoms with van der Waals surface area (Å²) in [6.45, 7) is 1.46. The number of benzene rings is 1. The van der Waals surface area contributed by atoms with E-state index >= 15 is 0 Å². The molecule has 1 aromatic carbocycles. The molecule has 0 spiro atoms. The first kappa shape index (κ1) is 35.6. The van der Waals surface area contributed by atoms with Crippen LogP contribution in [0.15, 0.2) is 30.4 Å². The van der Waals surface area contributed by atoms with Crippen molar-refractivity contribution in [2.45, 2.75) is 50.9 Å². The quantitative estimate of drug-likeness (QED) is 0.0475. The first-order chi connectivity index (χ1) is 18.7. The van der Waals surface area contributed by atoms with Crippen LogP contribution in [0.1, 0.15) is 37.7 Å². The Hall–Kier alpha value is -3.40. The number of nitrogens with two attached hydrogens (primary N) is 1. The van der Waals surface area contributed by atoms with Crippen molar-refractivity contribution < 1.29 is 49.1 Å². The van der Waals surface area contributed by atoms with Crippen molar-refractivity contribution in [3.8, 4) is 5.75 Å². The van der Waals surface area contributed by atoms with Crippen molar-refractivity contribution in [3.63, 3.8) is 0 Å². The van der Waals surface area contributed by atoms with Crippen molar-refractivity contribution in [3.05, 3.63) is 35.9 Å². The average molecular weight is 557 g/mol. The van der Waals surface area contributed by atoms with E-state index in [1.165, 1.54) is 29.2 Å². The van der Waals surface area contributed by atoms with Gasteiger partial charge in [0.1, 0.15) is 12.4 Å². The molecule has 2 aliphatic heterocycles. The van der Waals surface area contributed by atoms with E-state index in [4.69, 9.17) is 20.1 Å². The molecule has 1 aromatic rings. The van der Waals surface area contributed by atoms with E-state index in [0.29, 0.717) is 57.5 Å². The fourth-order valence-corrected chi connectivity index (χ4v) is 3.29. The van der Waals surface area contributed by atoms with Gasteiger partial charge < -0.3 is 35.2 Å². The Morgan fingerprint density at radius 1 is 1.13 bits per heavy atom. The molecule has 0 saturated carbocycles. The van der Waals surface area contributed by atoms with Gasteiger partial charge in [0.25, 0.3) is 18.3 Å². The van der Waals surface area contributed by atoms with Gasteiger partial charge in [-0.05, 0) is 37.6 Å². The number of imide groups is 1. The summed E-state index contributed by atoms with van der Waals surface area (Å²) in [6.07, 6.45) is 4.17. The number of aliphatic hydroxyl groups is 3. The van der Waals surface area contributed by atoms with Crippen molar-refractivity contribution in [2.75, 3.05) is 39.2 Å². The molecule has 2 unspecified atom stereocenters. The maximum absolute atomic E-state index is 12.0. The Bertz CT molecular complexity index is 887. The summed E-state index contributed by atoms with van der Waals surface area (Å²) in [6, 6.07) is 4.54. The number of hydrogen-bond donors (Lipinski definition) is 7. The molecule has 0 aliphatic carbocycles. The molecule has 220 valence electrons. The molecule has 3 amide bonds. The third-order valence-electron chi connectivity index (χ3n) is 5.00. The summed E-state index contributed by atoms with van der Waals surface area (Å²) in [7, 11) is 2.65. The maximum Gasteiger partial charge on any atom is 0.293 e. The van der Waals surface area contributed by atoms with E-state index in [9.17, 15) is 24.3 Å². The molecule has 2 aliphatic rings. The van der Waals surface area contributed by atoms with Crippen molar-refractivity contribution in [1.29, 1.82) is 0 Å². The number of hydrogen-bond acceptors (Lipinski definition) is 12. The highest BCUT2D eigenvalue weighted by atomic mass is 16.5. The summed E-state index contributed by atoms with van der Waals surface area (Å²) in [5, 5.41) is 37.0. The summed E-state index contributed by atoms with van der Waals surface area (Å²) in [5.74, 6) is 3.65. The SMILES string of the molecule is CNN.CO.O=COCc1ccc(O)c(NC(=O)CCCCCN2C(=O)C=CC2=O)c1.OC1COCC(O)C1. The average Bonchev–Trinajstić information content (AvgIpc) is 3.23. The molecule has 1 saturated heterocycles. The van der Waals surface area contributed by atoms with E-state index in [0.717, 1.165) is 7.11 Å². The normalized spacial score (nSPS) is 17.5. The second kappa shape index (κ2) is 21.5. The van der Waals surface area contributed by atoms with Crippen LogP contribution in [-0.2, 0) is 35.3 Å². The zero-order chi connectivity index (χ0) is 29.6. The lowest BCUT2D eigenvalue weighted by Crippen LogP contribution is -2.32. The number of unbranched alkanes of at least 4 members (excludes halogenated alkanes) is 2. The van der Waals surface area contributed by atoms with Crippen molar-refractivity contribution in [1.82, 2.24) is 10.3 Å². The number of rotatable bonds is 10. The zero-order valence-electron chi connectivity index (χ0n) is 22.2. The fraction of sp³-hybridized carbons (Fsp3) is 0.520. The summed E-state index contributed by atoms with van der Waals surface area (Å²) in [5.41, 5.74) is 3.14. The van der Waals surface area contributed by atoms with Gasteiger partial charge >= 0.3 is 0 Å². The van der Waals surface area contributed by atoms with E-state index < -0.39 is 12.2 Å². The van der Waals surface area contributed by atoms with Crippen LogP contribution >= 0.6 is 0 Å². The molecule has 0 radical (unpaired) electrons. The Morgan fingerprint density at radius 3 is 2.23 bits per heavy atom. The van der Waals surface area contributed by atoms with E-state index in [1.54, 1.807) is 13.1 Å². The predicted molar refractivity (Wildman–Crippen MR) is 141 cm³/mol. The van der Waals surface area contributed by atoms with Crippen LogP contribution < -0.4 is 16.6 Å². The molecule has 8 N–H and O–H groups in total. The largest absolute Gasteiger partial charge is 0.506 e. The minimum Gasteiger partial charge on any atom is -0.506 e. The number of aromatic hydroxyl groups is 1. The maximum atomic E-state index is 12.0. The lowest BCUT2D eigenvalue weighted by Gasteiger charge is -2.21. The van der Waals surface area contributed by atoms with Gasteiger partial charge in [0.15, 0.2) is 0 Å². The fourth-order valence-electron chi connectivity index (χ4n) is 3.29. The number of carbonyl (C=O) groups excluding carboxylic acids is 4. The number of carbonyl (C=O) groups is 4. The Morgan fingerprint density at radius 2 is 1.72 bits per heavy atom. The third kappa shape index (κ3) is 15.6. The lowest BCUT2D eigenvalue weighted by molar-refractivity contribution is -0.137. The number of anilines is 1. The number of phenolic OH excluding ortho intramolecular Hbond substituents is 1. The van der Waals surface area contributed by atoms with Gasteiger partial charge in [-0.3, -0.25) is 35.3 Å². The molecule has 14 nitrogen and oxygen atoms in total. The minimum absolute atomic E-state index is 0.0510. The van der Waals surface area contributed by atoms with Gasteiger partial charge in [-0.1, -0.05) is 12.5 Å². The van der Waals surface area contributed by atoms with Crippen LogP contribution in [0.3, 0.4) is 0 Å². The number of phenols is 1. The van der Waals surface area contributed by atoms with Gasteiger partial charge in [-0.15, -0.1) is 0 Å². The van der Waals surface area contributed by atoms with Gasteiger partial charge in [-0.2, -0.15) is 0 Å². The second-order valence-corrected chi connectivity index (χ2v) is 8.15. The summed E-state index contributed by atoms with van der Waals surface area (Å²) >= 11 is 0. The number of ether oxygens (including phenoxy) is 2. The van der Waals surface area contributed by atoms with Crippen LogP contribution in [0.2, 0.25) is 0 Å². The summed E-state index contributed by atoms with van der Waals surface area (Å²) in [4.78, 5) is 46.1. The zero-order valence-corrected chi connectivity index (χ0v) is 22.2. The van der Waals surface area contributed by atoms with Crippen LogP contribution in [0.5, 0.6) is 5.75 Å². The van der Waals surface area contributed by atoms with E-state index in [1.807, 2.05) is 0 Å². The van der Waals surface area contributed by atoms with Crippen LogP contribution in [0.4, 0.5) is 5.69 Å². The van der Waals surface area contributed by atoms with Crippen LogP contribution in [0.25, 0.3) is 0 Å². The second-order valence-electron chi connectivity index (χ2n) is 8.15. The van der Waals surface area contributed by atoms with Crippen LogP contribution in [0, 0.1) is 0 Å². The number of hydrazine groups is 1. The predicted octanol–water partition coefficient (Wildman–Crippen LogP) is -0.694. The van der Waals surface area contributed by atoms with E-state index in [2.05, 4.69) is 21.3 Å². The molecule has 14 heteroatoms. The highest BCUT2D eigenvalue weighted by Gasteiger charge is 2.22. The number of amides is 3. The first-order valence-corrected chi connectivity index (χ1v) is 12.2. The van der Waals surface area contributed by atoms with Crippen molar-refractivity contribution in [2.24, 2.45) is 5.84 Å². The molecule has 3 rings (SSSR count). The van der Waals surface area contributed by atoms with Crippen molar-refractivity contribution >= 4 is 29.9 Å². The van der Waals surface area contributed by atoms with Gasteiger partial charge in [-0.25, -0.2) is 0 Å². The topological polar surface area (TPSA) is 221 Å². The molecule has 2 heterocycles. The molecular weight excluding hydrogens is 516 g/mol. The van der Waals surface area contributed by atoms with Crippen LogP contribution in [-0.4, -0.2) is 95.6 Å². The molecule has 0 bridgehead atoms. The van der Waals surface area contributed by atoms with Gasteiger partial charge in [0.2, 0.25) is 5.91 Å². The molecular formula is C25H40N4O10. The minimum atomic E-state index is -0.459. The van der Waals surface area contributed by atoms with Gasteiger partial charge in [0.05, 0.1) is 31.1 Å². The van der Waals surface area contributed by atoms with Gasteiger partial charge in [0, 0.05) is 38.6 Å². The lowest BCUT2D eigenvalue weighted by atomic mass is 10.1. The first-order valence-electron chi connectivity index (χ1n) is 12.2. The third-order valence-corrected chi connectivity index (χ3v) is 5.00. The molecule has 39 heavy (non-hydrogen) atoms. The Labute approximate surface area is 227 Å². The highest BCUT2D eigenvalue weighted by Crippen LogP contribution is 2.25. The molecule has 1 fully saturated rings. The standard InChI is InChI=1S/C18H20N2O6.C5H10O3.CH6N2.CH4O/c21-12-26-11-13-5-6-15(22)14(10-13)19-16(23)4-2-1-3-9-20-17(24)7-8-18(20)25;6-4-1-5(7)3-8-2-4;1-3-2;1-2/h5-8,10,12,22H,1-4,9,11H2,(H,19,23);4-7H,1-3H2;3H,2H2,1H3;2H,1H3. The van der Waals surface area contributed by atoms with E-state index in [-0.39, 0.29) is 42.2 Å². The molecule has 0 aromatic heterocycles. The smallest absolute Gasteiger partial charge is 0.293 e. The number of nitrogens with zero attached hydrogens (tertiary/aromatic N) is 1. The number of nitrogens with one attached hydrogen (secondary N) is 2. The highest BCUT2D eigenvalue weighted by molar-refractivity contribution is 6.12. The Balaban J connectivity index is 0.000000919. The number of aliphatic hydroxyl groups excluding tert-OH is 3. The monoisotopic (exact) mass is 556 g/mol. The Kier molecular flexibility index (Phi) is 19.6. The molecule has 2 atom stereocenters. The summed E-state index contributed by atoms with van der Waals surface area (Å²) < 4.78 is 9.43.